The number of hydrogen-bond donors (Lipinski definition) is 1. The van der Waals surface area contributed by atoms with Crippen molar-refractivity contribution >= 4 is 17.3 Å². The first kappa shape index (κ1) is 13.7. The Kier molecular flexibility index (Phi) is 3.96. The van der Waals surface area contributed by atoms with Gasteiger partial charge in [-0.15, -0.1) is 0 Å². The molecule has 2 N–H and O–H groups in total. The van der Waals surface area contributed by atoms with E-state index in [9.17, 15) is 4.39 Å². The maximum atomic E-state index is 13.2. The van der Waals surface area contributed by atoms with E-state index in [0.717, 1.165) is 16.9 Å². The summed E-state index contributed by atoms with van der Waals surface area (Å²) in [7, 11) is 0. The summed E-state index contributed by atoms with van der Waals surface area (Å²) in [6, 6.07) is 7.95. The molecule has 0 saturated carbocycles. The molecule has 2 aromatic carbocycles. The molecular weight excluding hydrogens is 265 g/mol. The minimum Gasteiger partial charge on any atom is -0.488 e. The first-order valence-corrected chi connectivity index (χ1v) is 6.29. The van der Waals surface area contributed by atoms with Crippen LogP contribution in [-0.2, 0) is 6.61 Å². The third-order valence-corrected chi connectivity index (χ3v) is 3.39. The summed E-state index contributed by atoms with van der Waals surface area (Å²) in [6.07, 6.45) is 0. The number of aryl methyl sites for hydroxylation is 1. The molecule has 0 aliphatic rings. The zero-order valence-electron chi connectivity index (χ0n) is 10.8. The van der Waals surface area contributed by atoms with Gasteiger partial charge in [-0.2, -0.15) is 0 Å². The number of benzene rings is 2. The Morgan fingerprint density at radius 2 is 1.95 bits per heavy atom. The highest BCUT2D eigenvalue weighted by Gasteiger charge is 2.09. The van der Waals surface area contributed by atoms with Gasteiger partial charge in [0.1, 0.15) is 18.2 Å². The molecular formula is C15H15ClFNO. The zero-order chi connectivity index (χ0) is 14.0. The van der Waals surface area contributed by atoms with E-state index in [1.807, 2.05) is 26.0 Å². The predicted molar refractivity (Wildman–Crippen MR) is 76.1 cm³/mol. The molecule has 2 aromatic rings. The van der Waals surface area contributed by atoms with Crippen molar-refractivity contribution in [2.45, 2.75) is 20.5 Å². The van der Waals surface area contributed by atoms with Crippen molar-refractivity contribution in [2.24, 2.45) is 0 Å². The van der Waals surface area contributed by atoms with Crippen LogP contribution in [0, 0.1) is 19.7 Å². The van der Waals surface area contributed by atoms with E-state index in [-0.39, 0.29) is 12.4 Å². The van der Waals surface area contributed by atoms with Crippen LogP contribution < -0.4 is 10.5 Å². The average Bonchev–Trinajstić information content (AvgIpc) is 2.38. The van der Waals surface area contributed by atoms with Gasteiger partial charge in [-0.3, -0.25) is 0 Å². The molecule has 0 heterocycles. The van der Waals surface area contributed by atoms with E-state index in [1.54, 1.807) is 0 Å². The Morgan fingerprint density at radius 3 is 2.68 bits per heavy atom. The quantitative estimate of drug-likeness (QED) is 0.852. The molecule has 0 amide bonds. The van der Waals surface area contributed by atoms with Crippen molar-refractivity contribution in [2.75, 3.05) is 5.73 Å². The number of nitrogens with two attached hydrogens (primary N) is 1. The molecule has 0 saturated heterocycles. The molecule has 19 heavy (non-hydrogen) atoms. The van der Waals surface area contributed by atoms with E-state index in [2.05, 4.69) is 0 Å². The van der Waals surface area contributed by atoms with E-state index < -0.39 is 0 Å². The lowest BCUT2D eigenvalue weighted by atomic mass is 10.1. The van der Waals surface area contributed by atoms with Crippen LogP contribution in [0.2, 0.25) is 5.02 Å². The van der Waals surface area contributed by atoms with Gasteiger partial charge in [0, 0.05) is 21.8 Å². The fourth-order valence-corrected chi connectivity index (χ4v) is 2.04. The summed E-state index contributed by atoms with van der Waals surface area (Å²) in [6.45, 7) is 4.04. The Labute approximate surface area is 117 Å². The number of anilines is 1. The van der Waals surface area contributed by atoms with Crippen LogP contribution in [0.1, 0.15) is 16.7 Å². The summed E-state index contributed by atoms with van der Waals surface area (Å²) < 4.78 is 18.9. The second-order valence-electron chi connectivity index (χ2n) is 4.45. The molecule has 0 fully saturated rings. The maximum Gasteiger partial charge on any atom is 0.127 e. The Bertz CT molecular complexity index is 613. The second kappa shape index (κ2) is 5.49. The van der Waals surface area contributed by atoms with Gasteiger partial charge in [-0.05, 0) is 43.7 Å². The van der Waals surface area contributed by atoms with E-state index >= 15 is 0 Å². The molecule has 2 rings (SSSR count). The van der Waals surface area contributed by atoms with Crippen LogP contribution in [0.5, 0.6) is 5.75 Å². The molecule has 4 heteroatoms. The Hall–Kier alpha value is -1.74. The molecule has 0 bridgehead atoms. The number of nitrogen functional groups attached to an aromatic ring is 1. The van der Waals surface area contributed by atoms with Crippen molar-refractivity contribution in [3.05, 3.63) is 57.9 Å². The van der Waals surface area contributed by atoms with Gasteiger partial charge in [0.2, 0.25) is 0 Å². The van der Waals surface area contributed by atoms with Gasteiger partial charge < -0.3 is 10.5 Å². The van der Waals surface area contributed by atoms with Crippen molar-refractivity contribution < 1.29 is 9.13 Å². The lowest BCUT2D eigenvalue weighted by Gasteiger charge is -2.14. The molecule has 0 atom stereocenters. The van der Waals surface area contributed by atoms with Crippen molar-refractivity contribution in [1.82, 2.24) is 0 Å². The molecule has 0 spiro atoms. The molecule has 2 nitrogen and oxygen atoms in total. The van der Waals surface area contributed by atoms with Gasteiger partial charge in [0.25, 0.3) is 0 Å². The van der Waals surface area contributed by atoms with Crippen molar-refractivity contribution in [3.63, 3.8) is 0 Å². The fraction of sp³-hybridized carbons (Fsp3) is 0.200. The van der Waals surface area contributed by atoms with Gasteiger partial charge in [-0.25, -0.2) is 4.39 Å². The third-order valence-electron chi connectivity index (χ3n) is 3.02. The van der Waals surface area contributed by atoms with Gasteiger partial charge in [-0.1, -0.05) is 17.7 Å². The Balaban J connectivity index is 2.24. The zero-order valence-corrected chi connectivity index (χ0v) is 11.6. The maximum absolute atomic E-state index is 13.2. The van der Waals surface area contributed by atoms with Crippen LogP contribution in [0.3, 0.4) is 0 Å². The lowest BCUT2D eigenvalue weighted by molar-refractivity contribution is 0.301. The largest absolute Gasteiger partial charge is 0.488 e. The molecule has 100 valence electrons. The normalized spacial score (nSPS) is 10.5. The highest BCUT2D eigenvalue weighted by Crippen LogP contribution is 2.29. The molecule has 0 aliphatic heterocycles. The van der Waals surface area contributed by atoms with Gasteiger partial charge in [0.15, 0.2) is 0 Å². The fourth-order valence-electron chi connectivity index (χ4n) is 1.87. The first-order valence-electron chi connectivity index (χ1n) is 5.91. The number of ether oxygens (including phenoxy) is 1. The predicted octanol–water partition coefficient (Wildman–Crippen LogP) is 4.26. The van der Waals surface area contributed by atoms with Crippen LogP contribution in [0.4, 0.5) is 10.1 Å². The van der Waals surface area contributed by atoms with Crippen LogP contribution in [0.25, 0.3) is 0 Å². The summed E-state index contributed by atoms with van der Waals surface area (Å²) in [5.74, 6) is 0.393. The summed E-state index contributed by atoms with van der Waals surface area (Å²) in [4.78, 5) is 0. The topological polar surface area (TPSA) is 35.2 Å². The molecule has 0 aromatic heterocycles. The minimum atomic E-state index is -0.330. The third kappa shape index (κ3) is 2.99. The van der Waals surface area contributed by atoms with E-state index in [1.165, 1.54) is 18.2 Å². The van der Waals surface area contributed by atoms with Crippen LogP contribution in [-0.4, -0.2) is 0 Å². The highest BCUT2D eigenvalue weighted by molar-refractivity contribution is 6.31. The summed E-state index contributed by atoms with van der Waals surface area (Å²) in [5, 5.41) is 0.487. The average molecular weight is 280 g/mol. The van der Waals surface area contributed by atoms with Gasteiger partial charge in [0.05, 0.1) is 0 Å². The van der Waals surface area contributed by atoms with Crippen LogP contribution >= 0.6 is 11.6 Å². The van der Waals surface area contributed by atoms with Crippen LogP contribution in [0.15, 0.2) is 30.3 Å². The standard InChI is InChI=1S/C15H15ClFNO/c1-9-3-6-14(18)10(2)15(9)19-8-11-7-12(17)4-5-13(11)16/h3-7H,8,18H2,1-2H3. The van der Waals surface area contributed by atoms with E-state index in [0.29, 0.717) is 16.3 Å². The number of rotatable bonds is 3. The van der Waals surface area contributed by atoms with E-state index in [4.69, 9.17) is 22.1 Å². The number of halogens is 2. The van der Waals surface area contributed by atoms with Crippen molar-refractivity contribution in [1.29, 1.82) is 0 Å². The molecule has 0 radical (unpaired) electrons. The first-order chi connectivity index (χ1) is 8.99. The number of hydrogen-bond acceptors (Lipinski definition) is 2. The molecule has 0 aliphatic carbocycles. The highest BCUT2D eigenvalue weighted by atomic mass is 35.5. The monoisotopic (exact) mass is 279 g/mol. The SMILES string of the molecule is Cc1ccc(N)c(C)c1OCc1cc(F)ccc1Cl. The molecule has 0 unspecified atom stereocenters. The second-order valence-corrected chi connectivity index (χ2v) is 4.86. The summed E-state index contributed by atoms with van der Waals surface area (Å²) in [5.41, 5.74) is 9.00. The van der Waals surface area contributed by atoms with Crippen molar-refractivity contribution in [3.8, 4) is 5.75 Å². The smallest absolute Gasteiger partial charge is 0.127 e. The minimum absolute atomic E-state index is 0.210. The van der Waals surface area contributed by atoms with Gasteiger partial charge >= 0.3 is 0 Å². The summed E-state index contributed by atoms with van der Waals surface area (Å²) >= 11 is 6.00. The Morgan fingerprint density at radius 1 is 1.21 bits per heavy atom. The lowest BCUT2D eigenvalue weighted by Crippen LogP contribution is -2.02.